The third-order valence-electron chi connectivity index (χ3n) is 7.48. The molecule has 0 amide bonds. The number of hydrogen-bond donors (Lipinski definition) is 0. The quantitative estimate of drug-likeness (QED) is 0.718. The van der Waals surface area contributed by atoms with Crippen molar-refractivity contribution < 1.29 is 19.1 Å². The summed E-state index contributed by atoms with van der Waals surface area (Å²) < 4.78 is 11.7. The Labute approximate surface area is 150 Å². The number of esters is 2. The Morgan fingerprint density at radius 1 is 1.00 bits per heavy atom. The highest BCUT2D eigenvalue weighted by molar-refractivity contribution is 5.66. The molecule has 1 unspecified atom stereocenters. The molecule has 2 heterocycles. The van der Waals surface area contributed by atoms with Crippen LogP contribution in [0.3, 0.4) is 0 Å². The lowest BCUT2D eigenvalue weighted by molar-refractivity contribution is -0.235. The minimum Gasteiger partial charge on any atom is -0.462 e. The Morgan fingerprint density at radius 2 is 1.64 bits per heavy atom. The monoisotopic (exact) mass is 349 g/mol. The first kappa shape index (κ1) is 17.3. The fourth-order valence-corrected chi connectivity index (χ4v) is 7.05. The van der Waals surface area contributed by atoms with Crippen LogP contribution >= 0.6 is 0 Å². The molecule has 2 aliphatic heterocycles. The number of piperidine rings is 2. The number of carbonyl (C=O) groups is 2. The normalized spacial score (nSPS) is 46.0. The van der Waals surface area contributed by atoms with Crippen molar-refractivity contribution in [3.05, 3.63) is 0 Å². The Hall–Kier alpha value is -1.10. The van der Waals surface area contributed by atoms with E-state index in [1.54, 1.807) is 0 Å². The average Bonchev–Trinajstić information content (AvgIpc) is 2.53. The number of hydrogen-bond acceptors (Lipinski definition) is 5. The molecular formula is C20H31NO4. The van der Waals surface area contributed by atoms with Crippen molar-refractivity contribution in [2.45, 2.75) is 77.0 Å². The molecule has 2 saturated heterocycles. The van der Waals surface area contributed by atoms with Gasteiger partial charge in [0.1, 0.15) is 12.2 Å². The maximum Gasteiger partial charge on any atom is 0.302 e. The third kappa shape index (κ3) is 2.61. The molecule has 4 aliphatic rings. The second-order valence-electron chi connectivity index (χ2n) is 8.78. The number of nitrogens with zero attached hydrogens (tertiary/aromatic N) is 1. The van der Waals surface area contributed by atoms with Crippen LogP contribution in [0.15, 0.2) is 0 Å². The molecule has 7 atom stereocenters. The molecule has 5 nitrogen and oxygen atoms in total. The smallest absolute Gasteiger partial charge is 0.302 e. The SMILES string of the molecule is CC(=O)O[C@@H]1[C@@H](C)C[C@]23C4CCCN2CCC[C@@H]3[C@H](OC(C)=O)C[C@@H]41. The van der Waals surface area contributed by atoms with Crippen molar-refractivity contribution in [1.82, 2.24) is 4.90 Å². The van der Waals surface area contributed by atoms with E-state index in [4.69, 9.17) is 9.47 Å². The van der Waals surface area contributed by atoms with Gasteiger partial charge in [-0.05, 0) is 63.5 Å². The maximum absolute atomic E-state index is 11.8. The molecule has 1 spiro atoms. The summed E-state index contributed by atoms with van der Waals surface area (Å²) in [5.41, 5.74) is 0.148. The molecule has 2 bridgehead atoms. The summed E-state index contributed by atoms with van der Waals surface area (Å²) in [4.78, 5) is 26.2. The lowest BCUT2D eigenvalue weighted by atomic mass is 9.47. The van der Waals surface area contributed by atoms with Crippen LogP contribution in [-0.2, 0) is 19.1 Å². The Morgan fingerprint density at radius 3 is 2.28 bits per heavy atom. The van der Waals surface area contributed by atoms with E-state index < -0.39 is 0 Å². The van der Waals surface area contributed by atoms with Gasteiger partial charge in [0.25, 0.3) is 0 Å². The molecule has 2 aliphatic carbocycles. The lowest BCUT2D eigenvalue weighted by Crippen LogP contribution is -2.74. The van der Waals surface area contributed by atoms with Crippen molar-refractivity contribution in [1.29, 1.82) is 0 Å². The van der Waals surface area contributed by atoms with Crippen LogP contribution in [0.5, 0.6) is 0 Å². The third-order valence-corrected chi connectivity index (χ3v) is 7.48. The molecule has 0 N–H and O–H groups in total. The molecule has 0 aromatic heterocycles. The van der Waals surface area contributed by atoms with E-state index in [0.29, 0.717) is 23.7 Å². The van der Waals surface area contributed by atoms with Crippen molar-refractivity contribution in [2.75, 3.05) is 13.1 Å². The van der Waals surface area contributed by atoms with Crippen LogP contribution in [0.1, 0.15) is 59.3 Å². The zero-order valence-electron chi connectivity index (χ0n) is 15.7. The van der Waals surface area contributed by atoms with Crippen molar-refractivity contribution >= 4 is 11.9 Å². The fraction of sp³-hybridized carbons (Fsp3) is 0.900. The largest absolute Gasteiger partial charge is 0.462 e. The Balaban J connectivity index is 1.74. The van der Waals surface area contributed by atoms with E-state index in [1.165, 1.54) is 33.1 Å². The summed E-state index contributed by atoms with van der Waals surface area (Å²) >= 11 is 0. The van der Waals surface area contributed by atoms with Gasteiger partial charge < -0.3 is 9.47 Å². The molecule has 4 rings (SSSR count). The highest BCUT2D eigenvalue weighted by Crippen LogP contribution is 2.61. The van der Waals surface area contributed by atoms with E-state index in [1.807, 2.05) is 0 Å². The van der Waals surface area contributed by atoms with Gasteiger partial charge in [0, 0.05) is 31.2 Å². The zero-order chi connectivity index (χ0) is 17.8. The molecule has 5 heteroatoms. The standard InChI is InChI=1S/C20H31NO4/c1-12-11-20-16-6-4-8-21(20)9-5-7-17(20)18(24-13(2)22)10-15(16)19(12)25-14(3)23/h12,15-19H,4-11H2,1-3H3/t12-,15-,16?,17+,18+,19+,20+/m0/s1. The van der Waals surface area contributed by atoms with Crippen LogP contribution in [0.4, 0.5) is 0 Å². The van der Waals surface area contributed by atoms with Gasteiger partial charge in [-0.3, -0.25) is 14.5 Å². The number of ether oxygens (including phenoxy) is 2. The van der Waals surface area contributed by atoms with Crippen LogP contribution in [0.25, 0.3) is 0 Å². The number of carbonyl (C=O) groups excluding carboxylic acids is 2. The summed E-state index contributed by atoms with van der Waals surface area (Å²) in [5.74, 6) is 1.32. The first-order chi connectivity index (χ1) is 11.9. The van der Waals surface area contributed by atoms with Crippen molar-refractivity contribution in [3.63, 3.8) is 0 Å². The summed E-state index contributed by atoms with van der Waals surface area (Å²) in [6.07, 6.45) is 6.66. The zero-order valence-corrected chi connectivity index (χ0v) is 15.7. The van der Waals surface area contributed by atoms with E-state index >= 15 is 0 Å². The summed E-state index contributed by atoms with van der Waals surface area (Å²) in [6.45, 7) is 7.61. The summed E-state index contributed by atoms with van der Waals surface area (Å²) in [7, 11) is 0. The van der Waals surface area contributed by atoms with Gasteiger partial charge in [-0.15, -0.1) is 0 Å². The highest BCUT2D eigenvalue weighted by Gasteiger charge is 2.65. The van der Waals surface area contributed by atoms with Gasteiger partial charge in [-0.1, -0.05) is 6.92 Å². The number of rotatable bonds is 2. The van der Waals surface area contributed by atoms with Crippen molar-refractivity contribution in [3.8, 4) is 0 Å². The van der Waals surface area contributed by atoms with Crippen LogP contribution < -0.4 is 0 Å². The maximum atomic E-state index is 11.8. The second-order valence-corrected chi connectivity index (χ2v) is 8.78. The molecule has 4 fully saturated rings. The van der Waals surface area contributed by atoms with Crippen LogP contribution in [-0.4, -0.2) is 47.7 Å². The first-order valence-electron chi connectivity index (χ1n) is 10.0. The molecule has 0 aromatic rings. The van der Waals surface area contributed by atoms with Crippen LogP contribution in [0.2, 0.25) is 0 Å². The average molecular weight is 349 g/mol. The van der Waals surface area contributed by atoms with E-state index in [-0.39, 0.29) is 29.7 Å². The van der Waals surface area contributed by atoms with Gasteiger partial charge in [-0.2, -0.15) is 0 Å². The molecule has 2 saturated carbocycles. The first-order valence-corrected chi connectivity index (χ1v) is 10.0. The predicted octanol–water partition coefficient (Wildman–Crippen LogP) is 2.77. The van der Waals surface area contributed by atoms with E-state index in [2.05, 4.69) is 11.8 Å². The van der Waals surface area contributed by atoms with Gasteiger partial charge in [0.15, 0.2) is 0 Å². The van der Waals surface area contributed by atoms with Crippen molar-refractivity contribution in [2.24, 2.45) is 23.7 Å². The van der Waals surface area contributed by atoms with Gasteiger partial charge >= 0.3 is 11.9 Å². The van der Waals surface area contributed by atoms with Gasteiger partial charge in [-0.25, -0.2) is 0 Å². The lowest BCUT2D eigenvalue weighted by Gasteiger charge is -2.68. The summed E-state index contributed by atoms with van der Waals surface area (Å²) in [5, 5.41) is 0. The topological polar surface area (TPSA) is 55.8 Å². The Bertz CT molecular complexity index is 562. The second kappa shape index (κ2) is 6.26. The molecule has 25 heavy (non-hydrogen) atoms. The minimum atomic E-state index is -0.185. The Kier molecular flexibility index (Phi) is 4.33. The molecular weight excluding hydrogens is 318 g/mol. The molecule has 140 valence electrons. The summed E-state index contributed by atoms with van der Waals surface area (Å²) in [6, 6.07) is 0. The van der Waals surface area contributed by atoms with Gasteiger partial charge in [0.05, 0.1) is 0 Å². The predicted molar refractivity (Wildman–Crippen MR) is 92.7 cm³/mol. The highest BCUT2D eigenvalue weighted by atomic mass is 16.5. The van der Waals surface area contributed by atoms with Crippen LogP contribution in [0, 0.1) is 23.7 Å². The fourth-order valence-electron chi connectivity index (χ4n) is 7.05. The minimum absolute atomic E-state index is 0.0230. The molecule has 0 radical (unpaired) electrons. The van der Waals surface area contributed by atoms with E-state index in [0.717, 1.165) is 32.4 Å². The molecule has 0 aromatic carbocycles. The van der Waals surface area contributed by atoms with Gasteiger partial charge in [0.2, 0.25) is 0 Å². The van der Waals surface area contributed by atoms with E-state index in [9.17, 15) is 9.59 Å².